The average molecular weight is 343 g/mol. The SMILES string of the molecule is CC[Si](CC)(CCN(C(C)C)C(C)C)CCN(C(C)C)C(C)C. The van der Waals surface area contributed by atoms with Crippen molar-refractivity contribution in [2.45, 2.75) is 118 Å². The molecule has 0 saturated heterocycles. The maximum absolute atomic E-state index is 2.69. The van der Waals surface area contributed by atoms with Crippen LogP contribution in [0, 0.1) is 0 Å². The predicted molar refractivity (Wildman–Crippen MR) is 110 cm³/mol. The fourth-order valence-electron chi connectivity index (χ4n) is 4.04. The molecule has 0 saturated carbocycles. The van der Waals surface area contributed by atoms with Crippen molar-refractivity contribution in [2.24, 2.45) is 0 Å². The summed E-state index contributed by atoms with van der Waals surface area (Å²) in [5.74, 6) is 0. The van der Waals surface area contributed by atoms with Gasteiger partial charge in [-0.05, 0) is 80.6 Å². The molecule has 0 aliphatic rings. The van der Waals surface area contributed by atoms with Crippen molar-refractivity contribution in [2.75, 3.05) is 13.1 Å². The van der Waals surface area contributed by atoms with Crippen LogP contribution in [0.2, 0.25) is 24.2 Å². The fourth-order valence-corrected chi connectivity index (χ4v) is 7.67. The Morgan fingerprint density at radius 2 is 0.826 bits per heavy atom. The van der Waals surface area contributed by atoms with Gasteiger partial charge in [-0.1, -0.05) is 25.9 Å². The van der Waals surface area contributed by atoms with E-state index in [1.165, 1.54) is 37.3 Å². The van der Waals surface area contributed by atoms with Crippen LogP contribution in [-0.4, -0.2) is 55.1 Å². The van der Waals surface area contributed by atoms with Gasteiger partial charge in [-0.15, -0.1) is 0 Å². The Bertz CT molecular complexity index is 254. The van der Waals surface area contributed by atoms with Gasteiger partial charge in [-0.2, -0.15) is 0 Å². The minimum absolute atomic E-state index is 0.665. The third-order valence-corrected chi connectivity index (χ3v) is 11.5. The summed E-state index contributed by atoms with van der Waals surface area (Å²) in [5.41, 5.74) is 0. The summed E-state index contributed by atoms with van der Waals surface area (Å²) < 4.78 is 0. The van der Waals surface area contributed by atoms with Gasteiger partial charge >= 0.3 is 0 Å². The lowest BCUT2D eigenvalue weighted by Gasteiger charge is -2.39. The number of hydrogen-bond acceptors (Lipinski definition) is 2. The van der Waals surface area contributed by atoms with Crippen molar-refractivity contribution >= 4 is 8.07 Å². The largest absolute Gasteiger partial charge is 0.299 e. The first kappa shape index (κ1) is 23.1. The normalized spacial score (nSPS) is 13.6. The van der Waals surface area contributed by atoms with Gasteiger partial charge < -0.3 is 0 Å². The van der Waals surface area contributed by atoms with Gasteiger partial charge in [0, 0.05) is 24.2 Å². The smallest absolute Gasteiger partial charge is 0.0555 e. The van der Waals surface area contributed by atoms with E-state index < -0.39 is 8.07 Å². The van der Waals surface area contributed by atoms with E-state index in [4.69, 9.17) is 0 Å². The van der Waals surface area contributed by atoms with Gasteiger partial charge in [0.1, 0.15) is 0 Å². The molecule has 2 nitrogen and oxygen atoms in total. The molecule has 0 aromatic heterocycles. The molecule has 140 valence electrons. The van der Waals surface area contributed by atoms with E-state index in [0.29, 0.717) is 24.2 Å². The molecule has 0 aliphatic heterocycles. The lowest BCUT2D eigenvalue weighted by atomic mass is 10.2. The second kappa shape index (κ2) is 10.9. The summed E-state index contributed by atoms with van der Waals surface area (Å²) in [4.78, 5) is 5.38. The first-order chi connectivity index (χ1) is 10.6. The highest BCUT2D eigenvalue weighted by Crippen LogP contribution is 2.27. The molecular formula is C20H46N2Si. The molecule has 3 heteroatoms. The third kappa shape index (κ3) is 7.70. The molecule has 23 heavy (non-hydrogen) atoms. The predicted octanol–water partition coefficient (Wildman–Crippen LogP) is 5.71. The summed E-state index contributed by atoms with van der Waals surface area (Å²) in [7, 11) is -1.14. The number of nitrogens with zero attached hydrogens (tertiary/aromatic N) is 2. The standard InChI is InChI=1S/C20H46N2Si/c1-11-23(12-2,15-13-21(17(3)4)18(5)6)16-14-22(19(7)8)20(9)10/h17-20H,11-16H2,1-10H3. The molecule has 0 aliphatic carbocycles. The van der Waals surface area contributed by atoms with Crippen LogP contribution in [0.25, 0.3) is 0 Å². The highest BCUT2D eigenvalue weighted by molar-refractivity contribution is 6.79. The van der Waals surface area contributed by atoms with Crippen molar-refractivity contribution < 1.29 is 0 Å². The topological polar surface area (TPSA) is 6.48 Å². The highest BCUT2D eigenvalue weighted by atomic mass is 28.3. The van der Waals surface area contributed by atoms with E-state index in [-0.39, 0.29) is 0 Å². The van der Waals surface area contributed by atoms with Crippen LogP contribution in [0.15, 0.2) is 0 Å². The molecule has 0 atom stereocenters. The maximum Gasteiger partial charge on any atom is 0.0555 e. The van der Waals surface area contributed by atoms with E-state index in [2.05, 4.69) is 79.0 Å². The molecule has 0 unspecified atom stereocenters. The third-order valence-electron chi connectivity index (χ3n) is 5.95. The van der Waals surface area contributed by atoms with Crippen LogP contribution in [0.4, 0.5) is 0 Å². The van der Waals surface area contributed by atoms with Crippen molar-refractivity contribution in [3.63, 3.8) is 0 Å². The molecule has 0 rings (SSSR count). The highest BCUT2D eigenvalue weighted by Gasteiger charge is 2.31. The molecule has 0 aromatic rings. The Morgan fingerprint density at radius 3 is 1.00 bits per heavy atom. The quantitative estimate of drug-likeness (QED) is 0.419. The Kier molecular flexibility index (Phi) is 11.0. The van der Waals surface area contributed by atoms with E-state index in [1.807, 2.05) is 0 Å². The minimum atomic E-state index is -1.14. The summed E-state index contributed by atoms with van der Waals surface area (Å²) >= 11 is 0. The van der Waals surface area contributed by atoms with Gasteiger partial charge in [0.05, 0.1) is 8.07 Å². The second-order valence-corrected chi connectivity index (χ2v) is 14.0. The second-order valence-electron chi connectivity index (χ2n) is 8.56. The lowest BCUT2D eigenvalue weighted by molar-refractivity contribution is 0.180. The number of rotatable bonds is 12. The van der Waals surface area contributed by atoms with Crippen LogP contribution in [0.1, 0.15) is 69.2 Å². The van der Waals surface area contributed by atoms with Crippen molar-refractivity contribution in [1.82, 2.24) is 9.80 Å². The summed E-state index contributed by atoms with van der Waals surface area (Å²) in [6.45, 7) is 26.3. The van der Waals surface area contributed by atoms with Gasteiger partial charge in [-0.3, -0.25) is 9.80 Å². The summed E-state index contributed by atoms with van der Waals surface area (Å²) in [6, 6.07) is 8.49. The molecule has 0 radical (unpaired) electrons. The zero-order valence-electron chi connectivity index (χ0n) is 17.9. The lowest BCUT2D eigenvalue weighted by Crippen LogP contribution is -2.46. The Balaban J connectivity index is 4.85. The Labute approximate surface area is 149 Å². The monoisotopic (exact) mass is 342 g/mol. The van der Waals surface area contributed by atoms with Crippen molar-refractivity contribution in [3.05, 3.63) is 0 Å². The van der Waals surface area contributed by atoms with Gasteiger partial charge in [0.15, 0.2) is 0 Å². The van der Waals surface area contributed by atoms with Gasteiger partial charge in [-0.25, -0.2) is 0 Å². The van der Waals surface area contributed by atoms with Gasteiger partial charge in [0.2, 0.25) is 0 Å². The van der Waals surface area contributed by atoms with E-state index in [1.54, 1.807) is 0 Å². The van der Waals surface area contributed by atoms with E-state index >= 15 is 0 Å². The van der Waals surface area contributed by atoms with Crippen LogP contribution < -0.4 is 0 Å². The van der Waals surface area contributed by atoms with Crippen LogP contribution in [0.3, 0.4) is 0 Å². The molecular weight excluding hydrogens is 296 g/mol. The van der Waals surface area contributed by atoms with Gasteiger partial charge in [0.25, 0.3) is 0 Å². The zero-order valence-corrected chi connectivity index (χ0v) is 18.9. The Morgan fingerprint density at radius 1 is 0.565 bits per heavy atom. The van der Waals surface area contributed by atoms with E-state index in [0.717, 1.165) is 0 Å². The van der Waals surface area contributed by atoms with Crippen LogP contribution >= 0.6 is 0 Å². The molecule has 0 amide bonds. The molecule has 0 spiro atoms. The van der Waals surface area contributed by atoms with E-state index in [9.17, 15) is 0 Å². The molecule has 0 N–H and O–H groups in total. The first-order valence-corrected chi connectivity index (χ1v) is 12.9. The van der Waals surface area contributed by atoms with Crippen LogP contribution in [-0.2, 0) is 0 Å². The summed E-state index contributed by atoms with van der Waals surface area (Å²) in [6.07, 6.45) is 0. The maximum atomic E-state index is 2.69. The minimum Gasteiger partial charge on any atom is -0.299 e. The summed E-state index contributed by atoms with van der Waals surface area (Å²) in [5, 5.41) is 0. The average Bonchev–Trinajstić information content (AvgIpc) is 2.44. The molecule has 0 heterocycles. The van der Waals surface area contributed by atoms with Crippen LogP contribution in [0.5, 0.6) is 0 Å². The molecule has 0 aromatic carbocycles. The first-order valence-electron chi connectivity index (χ1n) is 10.1. The fraction of sp³-hybridized carbons (Fsp3) is 1.00. The van der Waals surface area contributed by atoms with Crippen molar-refractivity contribution in [3.8, 4) is 0 Å². The molecule has 0 fully saturated rings. The van der Waals surface area contributed by atoms with Crippen molar-refractivity contribution in [1.29, 1.82) is 0 Å². The zero-order chi connectivity index (χ0) is 18.2. The number of hydrogen-bond donors (Lipinski definition) is 0. The Hall–Kier alpha value is 0.137. The molecule has 0 bridgehead atoms.